The molecule has 0 saturated heterocycles. The van der Waals surface area contributed by atoms with Gasteiger partial charge in [0.25, 0.3) is 0 Å². The van der Waals surface area contributed by atoms with Gasteiger partial charge in [-0.25, -0.2) is 0 Å². The van der Waals surface area contributed by atoms with Crippen molar-refractivity contribution in [2.24, 2.45) is 4.99 Å². The molecule has 0 unspecified atom stereocenters. The predicted molar refractivity (Wildman–Crippen MR) is 97.9 cm³/mol. The number of aryl methyl sites for hydroxylation is 1. The first-order valence-electron chi connectivity index (χ1n) is 7.99. The summed E-state index contributed by atoms with van der Waals surface area (Å²) in [6.07, 6.45) is 0. The number of benzene rings is 2. The van der Waals surface area contributed by atoms with Crippen molar-refractivity contribution in [2.75, 3.05) is 27.3 Å². The second-order valence-corrected chi connectivity index (χ2v) is 5.28. The average Bonchev–Trinajstić information content (AvgIpc) is 2.62. The lowest BCUT2D eigenvalue weighted by Crippen LogP contribution is -2.38. The van der Waals surface area contributed by atoms with Crippen molar-refractivity contribution >= 4 is 5.96 Å². The minimum absolute atomic E-state index is 0.570. The van der Waals surface area contributed by atoms with E-state index in [0.717, 1.165) is 28.6 Å². The van der Waals surface area contributed by atoms with E-state index in [1.807, 2.05) is 55.5 Å². The Morgan fingerprint density at radius 1 is 1.00 bits per heavy atom. The zero-order chi connectivity index (χ0) is 17.2. The van der Waals surface area contributed by atoms with Crippen LogP contribution in [0.15, 0.2) is 53.5 Å². The number of methoxy groups -OCH3 is 1. The highest BCUT2D eigenvalue weighted by molar-refractivity contribution is 5.79. The third-order valence-electron chi connectivity index (χ3n) is 3.61. The Balaban J connectivity index is 1.76. The lowest BCUT2D eigenvalue weighted by molar-refractivity contribution is 0.320. The van der Waals surface area contributed by atoms with Crippen LogP contribution < -0.4 is 20.1 Å². The van der Waals surface area contributed by atoms with Gasteiger partial charge in [-0.3, -0.25) is 4.99 Å². The maximum absolute atomic E-state index is 5.77. The molecule has 2 aromatic rings. The van der Waals surface area contributed by atoms with Gasteiger partial charge in [0.05, 0.1) is 13.7 Å². The summed E-state index contributed by atoms with van der Waals surface area (Å²) in [5.41, 5.74) is 2.22. The minimum Gasteiger partial charge on any atom is -0.496 e. The topological polar surface area (TPSA) is 54.9 Å². The zero-order valence-corrected chi connectivity index (χ0v) is 14.5. The van der Waals surface area contributed by atoms with E-state index in [0.29, 0.717) is 19.7 Å². The molecule has 5 heteroatoms. The molecule has 24 heavy (non-hydrogen) atoms. The van der Waals surface area contributed by atoms with Gasteiger partial charge in [-0.1, -0.05) is 36.4 Å². The third-order valence-corrected chi connectivity index (χ3v) is 3.61. The molecule has 0 aliphatic rings. The average molecular weight is 327 g/mol. The normalized spacial score (nSPS) is 11.0. The second kappa shape index (κ2) is 9.45. The Labute approximate surface area is 143 Å². The molecule has 0 fully saturated rings. The molecule has 0 amide bonds. The minimum atomic E-state index is 0.570. The Kier molecular flexibility index (Phi) is 6.95. The summed E-state index contributed by atoms with van der Waals surface area (Å²) in [5.74, 6) is 2.51. The summed E-state index contributed by atoms with van der Waals surface area (Å²) in [6.45, 7) is 3.92. The first kappa shape index (κ1) is 17.7. The summed E-state index contributed by atoms with van der Waals surface area (Å²) >= 11 is 0. The number of nitrogens with zero attached hydrogens (tertiary/aromatic N) is 1. The van der Waals surface area contributed by atoms with Crippen LogP contribution in [0, 0.1) is 6.92 Å². The molecule has 2 aromatic carbocycles. The maximum Gasteiger partial charge on any atom is 0.191 e. The van der Waals surface area contributed by atoms with E-state index in [2.05, 4.69) is 15.6 Å². The monoisotopic (exact) mass is 327 g/mol. The number of hydrogen-bond donors (Lipinski definition) is 2. The van der Waals surface area contributed by atoms with Gasteiger partial charge in [-0.2, -0.15) is 0 Å². The van der Waals surface area contributed by atoms with Gasteiger partial charge in [0, 0.05) is 19.2 Å². The molecule has 0 atom stereocenters. The molecule has 0 aliphatic heterocycles. The Bertz CT molecular complexity index is 671. The van der Waals surface area contributed by atoms with Crippen LogP contribution >= 0.6 is 0 Å². The largest absolute Gasteiger partial charge is 0.496 e. The Morgan fingerprint density at radius 3 is 2.42 bits per heavy atom. The molecular weight excluding hydrogens is 302 g/mol. The molecule has 0 spiro atoms. The van der Waals surface area contributed by atoms with Crippen LogP contribution in [0.3, 0.4) is 0 Å². The summed E-state index contributed by atoms with van der Waals surface area (Å²) < 4.78 is 11.1. The van der Waals surface area contributed by atoms with Crippen molar-refractivity contribution in [3.05, 3.63) is 59.7 Å². The van der Waals surface area contributed by atoms with E-state index < -0.39 is 0 Å². The summed E-state index contributed by atoms with van der Waals surface area (Å²) in [7, 11) is 3.43. The van der Waals surface area contributed by atoms with Crippen molar-refractivity contribution in [1.82, 2.24) is 10.6 Å². The molecule has 0 bridgehead atoms. The van der Waals surface area contributed by atoms with Gasteiger partial charge in [0.2, 0.25) is 0 Å². The first-order valence-corrected chi connectivity index (χ1v) is 7.99. The molecule has 0 heterocycles. The van der Waals surface area contributed by atoms with Crippen LogP contribution in [0.5, 0.6) is 11.5 Å². The standard InChI is InChI=1S/C19H25N3O2/c1-15-8-4-6-10-17(15)24-13-12-21-19(20-2)22-14-16-9-5-7-11-18(16)23-3/h4-11H,12-14H2,1-3H3,(H2,20,21,22). The number of ether oxygens (including phenoxy) is 2. The van der Waals surface area contributed by atoms with Crippen molar-refractivity contribution in [3.8, 4) is 11.5 Å². The fourth-order valence-electron chi connectivity index (χ4n) is 2.30. The Hall–Kier alpha value is -2.69. The van der Waals surface area contributed by atoms with E-state index in [9.17, 15) is 0 Å². The quantitative estimate of drug-likeness (QED) is 0.466. The van der Waals surface area contributed by atoms with Gasteiger partial charge in [0.15, 0.2) is 5.96 Å². The molecular formula is C19H25N3O2. The van der Waals surface area contributed by atoms with E-state index in [-0.39, 0.29) is 0 Å². The van der Waals surface area contributed by atoms with Crippen molar-refractivity contribution in [2.45, 2.75) is 13.5 Å². The van der Waals surface area contributed by atoms with Crippen LogP contribution in [0.25, 0.3) is 0 Å². The predicted octanol–water partition coefficient (Wildman–Crippen LogP) is 2.75. The number of hydrogen-bond acceptors (Lipinski definition) is 3. The van der Waals surface area contributed by atoms with E-state index in [4.69, 9.17) is 9.47 Å². The van der Waals surface area contributed by atoms with Gasteiger partial charge in [-0.05, 0) is 24.6 Å². The lowest BCUT2D eigenvalue weighted by atomic mass is 10.2. The fraction of sp³-hybridized carbons (Fsp3) is 0.316. The lowest BCUT2D eigenvalue weighted by Gasteiger charge is -2.14. The van der Waals surface area contributed by atoms with Gasteiger partial charge >= 0.3 is 0 Å². The van der Waals surface area contributed by atoms with Crippen LogP contribution in [0.2, 0.25) is 0 Å². The molecule has 2 rings (SSSR count). The summed E-state index contributed by atoms with van der Waals surface area (Å²) in [5, 5.41) is 6.51. The van der Waals surface area contributed by atoms with Crippen LogP contribution in [-0.2, 0) is 6.54 Å². The van der Waals surface area contributed by atoms with Crippen LogP contribution in [0.1, 0.15) is 11.1 Å². The van der Waals surface area contributed by atoms with Gasteiger partial charge in [-0.15, -0.1) is 0 Å². The Morgan fingerprint density at radius 2 is 1.71 bits per heavy atom. The van der Waals surface area contributed by atoms with Crippen molar-refractivity contribution in [1.29, 1.82) is 0 Å². The molecule has 0 radical (unpaired) electrons. The van der Waals surface area contributed by atoms with E-state index >= 15 is 0 Å². The molecule has 5 nitrogen and oxygen atoms in total. The van der Waals surface area contributed by atoms with Crippen molar-refractivity contribution < 1.29 is 9.47 Å². The molecule has 2 N–H and O–H groups in total. The third kappa shape index (κ3) is 5.19. The highest BCUT2D eigenvalue weighted by Gasteiger charge is 2.03. The fourth-order valence-corrected chi connectivity index (χ4v) is 2.30. The van der Waals surface area contributed by atoms with Gasteiger partial charge in [0.1, 0.15) is 18.1 Å². The second-order valence-electron chi connectivity index (χ2n) is 5.28. The first-order chi connectivity index (χ1) is 11.7. The zero-order valence-electron chi connectivity index (χ0n) is 14.5. The molecule has 128 valence electrons. The number of rotatable bonds is 7. The van der Waals surface area contributed by atoms with Crippen LogP contribution in [-0.4, -0.2) is 33.3 Å². The number of aliphatic imine (C=N–C) groups is 1. The molecule has 0 aliphatic carbocycles. The van der Waals surface area contributed by atoms with Gasteiger partial charge < -0.3 is 20.1 Å². The summed E-state index contributed by atoms with van der Waals surface area (Å²) in [6, 6.07) is 15.9. The number of para-hydroxylation sites is 2. The number of nitrogens with one attached hydrogen (secondary N) is 2. The highest BCUT2D eigenvalue weighted by Crippen LogP contribution is 2.17. The van der Waals surface area contributed by atoms with E-state index in [1.165, 1.54) is 0 Å². The van der Waals surface area contributed by atoms with Crippen molar-refractivity contribution in [3.63, 3.8) is 0 Å². The smallest absolute Gasteiger partial charge is 0.191 e. The maximum atomic E-state index is 5.77. The summed E-state index contributed by atoms with van der Waals surface area (Å²) in [4.78, 5) is 4.22. The van der Waals surface area contributed by atoms with E-state index in [1.54, 1.807) is 14.2 Å². The number of guanidine groups is 1. The SMILES string of the molecule is CN=C(NCCOc1ccccc1C)NCc1ccccc1OC. The molecule has 0 aromatic heterocycles. The molecule has 0 saturated carbocycles. The highest BCUT2D eigenvalue weighted by atomic mass is 16.5. The van der Waals surface area contributed by atoms with Crippen LogP contribution in [0.4, 0.5) is 0 Å².